The quantitative estimate of drug-likeness (QED) is 0.595. The van der Waals surface area contributed by atoms with Crippen molar-refractivity contribution >= 4 is 17.3 Å². The lowest BCUT2D eigenvalue weighted by Gasteiger charge is -2.29. The van der Waals surface area contributed by atoms with Crippen molar-refractivity contribution in [3.05, 3.63) is 69.3 Å². The van der Waals surface area contributed by atoms with E-state index in [1.165, 1.54) is 12.1 Å². The minimum absolute atomic E-state index is 0.0143. The van der Waals surface area contributed by atoms with E-state index in [4.69, 9.17) is 0 Å². The number of carbonyl (C=O) groups is 1. The summed E-state index contributed by atoms with van der Waals surface area (Å²) in [5.41, 5.74) is 3.36. The van der Waals surface area contributed by atoms with Gasteiger partial charge in [0.2, 0.25) is 5.91 Å². The van der Waals surface area contributed by atoms with Crippen LogP contribution in [0.2, 0.25) is 0 Å². The van der Waals surface area contributed by atoms with Gasteiger partial charge in [0.1, 0.15) is 6.04 Å². The van der Waals surface area contributed by atoms with Gasteiger partial charge in [-0.25, -0.2) is 0 Å². The van der Waals surface area contributed by atoms with E-state index in [1.54, 1.807) is 12.1 Å². The van der Waals surface area contributed by atoms with Gasteiger partial charge in [0.15, 0.2) is 0 Å². The highest BCUT2D eigenvalue weighted by Gasteiger charge is 2.27. The molecule has 0 fully saturated rings. The van der Waals surface area contributed by atoms with Crippen molar-refractivity contribution in [3.8, 4) is 0 Å². The molecule has 0 aliphatic carbocycles. The number of amides is 1. The third-order valence-corrected chi connectivity index (χ3v) is 4.55. The molecule has 1 N–H and O–H groups in total. The minimum Gasteiger partial charge on any atom is -0.324 e. The summed E-state index contributed by atoms with van der Waals surface area (Å²) in [4.78, 5) is 25.8. The Labute approximate surface area is 154 Å². The monoisotopic (exact) mass is 355 g/mol. The number of para-hydroxylation sites is 1. The molecule has 6 heteroatoms. The molecule has 1 amide bonds. The molecule has 2 aromatic carbocycles. The second kappa shape index (κ2) is 8.58. The first kappa shape index (κ1) is 19.6. The normalized spacial score (nSPS) is 12.0. The Morgan fingerprint density at radius 1 is 1.12 bits per heavy atom. The van der Waals surface area contributed by atoms with Crippen molar-refractivity contribution < 1.29 is 9.72 Å². The summed E-state index contributed by atoms with van der Waals surface area (Å²) in [6.07, 6.45) is 0. The van der Waals surface area contributed by atoms with Crippen LogP contribution in [-0.4, -0.2) is 28.8 Å². The number of non-ortho nitro benzene ring substituents is 1. The second-order valence-corrected chi connectivity index (χ2v) is 6.23. The third kappa shape index (κ3) is 4.26. The van der Waals surface area contributed by atoms with Crippen LogP contribution in [0, 0.1) is 24.0 Å². The first-order valence-corrected chi connectivity index (χ1v) is 8.74. The predicted octanol–water partition coefficient (Wildman–Crippen LogP) is 4.23. The Morgan fingerprint density at radius 3 is 2.23 bits per heavy atom. The molecule has 0 aromatic heterocycles. The first-order valence-electron chi connectivity index (χ1n) is 8.74. The fourth-order valence-electron chi connectivity index (χ4n) is 3.13. The van der Waals surface area contributed by atoms with E-state index >= 15 is 0 Å². The molecular weight excluding hydrogens is 330 g/mol. The van der Waals surface area contributed by atoms with E-state index in [2.05, 4.69) is 5.32 Å². The smallest absolute Gasteiger partial charge is 0.269 e. The van der Waals surface area contributed by atoms with Crippen molar-refractivity contribution in [2.45, 2.75) is 33.7 Å². The van der Waals surface area contributed by atoms with E-state index in [0.29, 0.717) is 18.7 Å². The van der Waals surface area contributed by atoms with E-state index in [9.17, 15) is 14.9 Å². The van der Waals surface area contributed by atoms with Crippen molar-refractivity contribution in [1.82, 2.24) is 4.90 Å². The molecular formula is C20H25N3O3. The summed E-state index contributed by atoms with van der Waals surface area (Å²) < 4.78 is 0. The molecule has 0 spiro atoms. The highest BCUT2D eigenvalue weighted by Crippen LogP contribution is 2.27. The fourth-order valence-corrected chi connectivity index (χ4v) is 3.13. The minimum atomic E-state index is -0.594. The summed E-state index contributed by atoms with van der Waals surface area (Å²) in [5, 5.41) is 14.2. The van der Waals surface area contributed by atoms with Crippen LogP contribution >= 0.6 is 0 Å². The van der Waals surface area contributed by atoms with Gasteiger partial charge in [-0.2, -0.15) is 0 Å². The van der Waals surface area contributed by atoms with Crippen LogP contribution in [0.5, 0.6) is 0 Å². The molecule has 6 nitrogen and oxygen atoms in total. The van der Waals surface area contributed by atoms with Crippen molar-refractivity contribution in [2.75, 3.05) is 18.4 Å². The SMILES string of the molecule is CCN(CC)[C@@H](C(=O)Nc1c(C)cccc1C)c1cccc([N+](=O)[O-])c1. The molecule has 0 aliphatic heterocycles. The molecule has 138 valence electrons. The van der Waals surface area contributed by atoms with Gasteiger partial charge < -0.3 is 5.32 Å². The van der Waals surface area contributed by atoms with Gasteiger partial charge in [0.25, 0.3) is 5.69 Å². The first-order chi connectivity index (χ1) is 12.4. The van der Waals surface area contributed by atoms with E-state index in [0.717, 1.165) is 16.8 Å². The van der Waals surface area contributed by atoms with Crippen LogP contribution in [0.4, 0.5) is 11.4 Å². The fraction of sp³-hybridized carbons (Fsp3) is 0.350. The van der Waals surface area contributed by atoms with Gasteiger partial charge in [0.05, 0.1) is 4.92 Å². The van der Waals surface area contributed by atoms with Gasteiger partial charge >= 0.3 is 0 Å². The van der Waals surface area contributed by atoms with Crippen LogP contribution in [0.3, 0.4) is 0 Å². The Kier molecular flexibility index (Phi) is 6.46. The van der Waals surface area contributed by atoms with Crippen molar-refractivity contribution in [1.29, 1.82) is 0 Å². The molecule has 0 aliphatic rings. The van der Waals surface area contributed by atoms with Gasteiger partial charge in [-0.05, 0) is 43.6 Å². The van der Waals surface area contributed by atoms with E-state index in [-0.39, 0.29) is 11.6 Å². The average Bonchev–Trinajstić information content (AvgIpc) is 2.62. The zero-order valence-corrected chi connectivity index (χ0v) is 15.7. The Hall–Kier alpha value is -2.73. The number of hydrogen-bond acceptors (Lipinski definition) is 4. The third-order valence-electron chi connectivity index (χ3n) is 4.55. The molecule has 0 unspecified atom stereocenters. The molecule has 2 rings (SSSR count). The largest absolute Gasteiger partial charge is 0.324 e. The van der Waals surface area contributed by atoms with E-state index < -0.39 is 11.0 Å². The molecule has 26 heavy (non-hydrogen) atoms. The lowest BCUT2D eigenvalue weighted by Crippen LogP contribution is -2.37. The number of benzene rings is 2. The standard InChI is InChI=1S/C20H25N3O3/c1-5-22(6-2)19(16-11-8-12-17(13-16)23(25)26)20(24)21-18-14(3)9-7-10-15(18)4/h7-13,19H,5-6H2,1-4H3,(H,21,24)/t19-/m1/s1. The zero-order valence-electron chi connectivity index (χ0n) is 15.7. The molecule has 0 saturated heterocycles. The van der Waals surface area contributed by atoms with Crippen molar-refractivity contribution in [3.63, 3.8) is 0 Å². The number of carbonyl (C=O) groups excluding carboxylic acids is 1. The second-order valence-electron chi connectivity index (χ2n) is 6.23. The maximum Gasteiger partial charge on any atom is 0.269 e. The van der Waals surface area contributed by atoms with Crippen molar-refractivity contribution in [2.24, 2.45) is 0 Å². The summed E-state index contributed by atoms with van der Waals surface area (Å²) in [6, 6.07) is 11.5. The number of likely N-dealkylation sites (N-methyl/N-ethyl adjacent to an activating group) is 1. The van der Waals surface area contributed by atoms with Gasteiger partial charge in [-0.15, -0.1) is 0 Å². The summed E-state index contributed by atoms with van der Waals surface area (Å²) >= 11 is 0. The molecule has 1 atom stereocenters. The number of hydrogen-bond donors (Lipinski definition) is 1. The number of anilines is 1. The maximum atomic E-state index is 13.1. The lowest BCUT2D eigenvalue weighted by molar-refractivity contribution is -0.384. The molecule has 0 bridgehead atoms. The number of nitrogens with one attached hydrogen (secondary N) is 1. The van der Waals surface area contributed by atoms with Gasteiger partial charge in [-0.1, -0.05) is 44.2 Å². The molecule has 0 heterocycles. The van der Waals surface area contributed by atoms with Gasteiger partial charge in [-0.3, -0.25) is 19.8 Å². The summed E-state index contributed by atoms with van der Waals surface area (Å²) in [6.45, 7) is 9.15. The highest BCUT2D eigenvalue weighted by atomic mass is 16.6. The number of nitro benzene ring substituents is 1. The Morgan fingerprint density at radius 2 is 1.69 bits per heavy atom. The maximum absolute atomic E-state index is 13.1. The van der Waals surface area contributed by atoms with Crippen LogP contribution in [0.25, 0.3) is 0 Å². The zero-order chi connectivity index (χ0) is 19.3. The molecule has 0 saturated carbocycles. The summed E-state index contributed by atoms with van der Waals surface area (Å²) in [5.74, 6) is -0.188. The van der Waals surface area contributed by atoms with Crippen LogP contribution in [0.15, 0.2) is 42.5 Å². The lowest BCUT2D eigenvalue weighted by atomic mass is 10.0. The van der Waals surface area contributed by atoms with Crippen LogP contribution in [0.1, 0.15) is 36.6 Å². The molecule has 2 aromatic rings. The molecule has 0 radical (unpaired) electrons. The number of nitro groups is 1. The number of aryl methyl sites for hydroxylation is 2. The van der Waals surface area contributed by atoms with Crippen LogP contribution in [-0.2, 0) is 4.79 Å². The number of nitrogens with zero attached hydrogens (tertiary/aromatic N) is 2. The predicted molar refractivity (Wildman–Crippen MR) is 103 cm³/mol. The highest BCUT2D eigenvalue weighted by molar-refractivity contribution is 5.96. The summed E-state index contributed by atoms with van der Waals surface area (Å²) in [7, 11) is 0. The average molecular weight is 355 g/mol. The Bertz CT molecular complexity index is 780. The topological polar surface area (TPSA) is 75.5 Å². The van der Waals surface area contributed by atoms with Crippen LogP contribution < -0.4 is 5.32 Å². The Balaban J connectivity index is 2.43. The number of rotatable bonds is 7. The van der Waals surface area contributed by atoms with Gasteiger partial charge in [0, 0.05) is 17.8 Å². The van der Waals surface area contributed by atoms with E-state index in [1.807, 2.05) is 50.8 Å².